The van der Waals surface area contributed by atoms with Gasteiger partial charge in [0.25, 0.3) is 5.56 Å². The van der Waals surface area contributed by atoms with E-state index in [1.165, 1.54) is 0 Å². The molecule has 0 atom stereocenters. The molecule has 5 nitrogen and oxygen atoms in total. The number of aryl methyl sites for hydroxylation is 3. The minimum Gasteiger partial charge on any atom is -0.322 e. The Morgan fingerprint density at radius 3 is 2.35 bits per heavy atom. The summed E-state index contributed by atoms with van der Waals surface area (Å²) in [6.45, 7) is 5.83. The maximum atomic E-state index is 12.4. The molecule has 1 heterocycles. The predicted molar refractivity (Wildman–Crippen MR) is 105 cm³/mol. The molecule has 0 amide bonds. The number of benzene rings is 2. The molecule has 0 fully saturated rings. The molecule has 3 aromatic rings. The SMILES string of the molecule is Cc1cc2cc(CNS(=O)(=O)Cc3ccccc3C)c(=O)[nH]c2cc1C. The standard InChI is InChI=1S/C20H22N2O3S/c1-13-6-4-5-7-16(13)12-26(24,25)21-11-18-10-17-8-14(2)15(3)9-19(17)22-20(18)23/h4-10,21H,11-12H2,1-3H3,(H,22,23). The Morgan fingerprint density at radius 2 is 1.62 bits per heavy atom. The van der Waals surface area contributed by atoms with Gasteiger partial charge in [-0.2, -0.15) is 0 Å². The second kappa shape index (κ2) is 7.05. The van der Waals surface area contributed by atoms with E-state index in [1.54, 1.807) is 12.1 Å². The zero-order valence-electron chi connectivity index (χ0n) is 15.1. The zero-order chi connectivity index (χ0) is 18.9. The number of pyridine rings is 1. The number of aromatic amines is 1. The summed E-state index contributed by atoms with van der Waals surface area (Å²) >= 11 is 0. The third kappa shape index (κ3) is 4.03. The Kier molecular flexibility index (Phi) is 4.98. The van der Waals surface area contributed by atoms with Crippen molar-refractivity contribution in [1.29, 1.82) is 0 Å². The first-order chi connectivity index (χ1) is 12.2. The number of nitrogens with one attached hydrogen (secondary N) is 2. The molecule has 2 aromatic carbocycles. The highest BCUT2D eigenvalue weighted by molar-refractivity contribution is 7.88. The van der Waals surface area contributed by atoms with E-state index < -0.39 is 10.0 Å². The fourth-order valence-electron chi connectivity index (χ4n) is 2.87. The van der Waals surface area contributed by atoms with Gasteiger partial charge in [0.15, 0.2) is 0 Å². The number of rotatable bonds is 5. The second-order valence-corrected chi connectivity index (χ2v) is 8.46. The Hall–Kier alpha value is -2.44. The van der Waals surface area contributed by atoms with E-state index in [0.717, 1.165) is 33.2 Å². The smallest absolute Gasteiger partial charge is 0.252 e. The van der Waals surface area contributed by atoms with Crippen molar-refractivity contribution >= 4 is 20.9 Å². The molecule has 0 saturated carbocycles. The molecule has 0 bridgehead atoms. The summed E-state index contributed by atoms with van der Waals surface area (Å²) in [5, 5.41) is 0.890. The van der Waals surface area contributed by atoms with Gasteiger partial charge in [0.05, 0.1) is 5.75 Å². The van der Waals surface area contributed by atoms with Crippen molar-refractivity contribution in [3.63, 3.8) is 0 Å². The number of fused-ring (bicyclic) bond motifs is 1. The Morgan fingerprint density at radius 1 is 0.923 bits per heavy atom. The normalized spacial score (nSPS) is 11.8. The van der Waals surface area contributed by atoms with Crippen LogP contribution in [-0.4, -0.2) is 13.4 Å². The van der Waals surface area contributed by atoms with E-state index in [-0.39, 0.29) is 17.9 Å². The molecule has 6 heteroatoms. The molecule has 136 valence electrons. The highest BCUT2D eigenvalue weighted by atomic mass is 32.2. The van der Waals surface area contributed by atoms with Crippen molar-refractivity contribution in [3.8, 4) is 0 Å². The highest BCUT2D eigenvalue weighted by Gasteiger charge is 2.14. The van der Waals surface area contributed by atoms with Gasteiger partial charge in [0.2, 0.25) is 10.0 Å². The second-order valence-electron chi connectivity index (χ2n) is 6.65. The molecule has 3 rings (SSSR count). The maximum absolute atomic E-state index is 12.4. The van der Waals surface area contributed by atoms with Gasteiger partial charge in [-0.1, -0.05) is 24.3 Å². The van der Waals surface area contributed by atoms with E-state index in [0.29, 0.717) is 5.56 Å². The van der Waals surface area contributed by atoms with Crippen molar-refractivity contribution in [2.24, 2.45) is 0 Å². The maximum Gasteiger partial charge on any atom is 0.252 e. The predicted octanol–water partition coefficient (Wildman–Crippen LogP) is 3.07. The van der Waals surface area contributed by atoms with Crippen LogP contribution in [0.5, 0.6) is 0 Å². The topological polar surface area (TPSA) is 79.0 Å². The summed E-state index contributed by atoms with van der Waals surface area (Å²) in [6, 6.07) is 13.0. The van der Waals surface area contributed by atoms with Crippen molar-refractivity contribution in [2.75, 3.05) is 0 Å². The number of hydrogen-bond acceptors (Lipinski definition) is 3. The van der Waals surface area contributed by atoms with Gasteiger partial charge in [-0.25, -0.2) is 13.1 Å². The van der Waals surface area contributed by atoms with Crippen LogP contribution < -0.4 is 10.3 Å². The fourth-order valence-corrected chi connectivity index (χ4v) is 4.08. The van der Waals surface area contributed by atoms with Crippen LogP contribution in [-0.2, 0) is 22.3 Å². The molecule has 0 aliphatic rings. The number of aromatic nitrogens is 1. The van der Waals surface area contributed by atoms with Crippen LogP contribution in [0, 0.1) is 20.8 Å². The van der Waals surface area contributed by atoms with Gasteiger partial charge >= 0.3 is 0 Å². The Balaban J connectivity index is 1.82. The molecule has 0 spiro atoms. The summed E-state index contributed by atoms with van der Waals surface area (Å²) in [7, 11) is -3.54. The molecular formula is C20H22N2O3S. The van der Waals surface area contributed by atoms with Crippen molar-refractivity contribution in [2.45, 2.75) is 33.1 Å². The van der Waals surface area contributed by atoms with Crippen LogP contribution in [0.3, 0.4) is 0 Å². The molecule has 0 aliphatic carbocycles. The van der Waals surface area contributed by atoms with Crippen LogP contribution in [0.2, 0.25) is 0 Å². The largest absolute Gasteiger partial charge is 0.322 e. The summed E-state index contributed by atoms with van der Waals surface area (Å²) in [6.07, 6.45) is 0. The minimum absolute atomic E-state index is 0.0353. The molecule has 0 saturated heterocycles. The van der Waals surface area contributed by atoms with Gasteiger partial charge in [-0.3, -0.25) is 4.79 Å². The lowest BCUT2D eigenvalue weighted by molar-refractivity contribution is 0.580. The van der Waals surface area contributed by atoms with E-state index >= 15 is 0 Å². The lowest BCUT2D eigenvalue weighted by Crippen LogP contribution is -2.28. The summed E-state index contributed by atoms with van der Waals surface area (Å²) < 4.78 is 27.3. The average Bonchev–Trinajstić information content (AvgIpc) is 2.57. The molecule has 0 unspecified atom stereocenters. The van der Waals surface area contributed by atoms with Gasteiger partial charge in [0, 0.05) is 17.6 Å². The van der Waals surface area contributed by atoms with Gasteiger partial charge in [-0.05, 0) is 66.6 Å². The first kappa shape index (κ1) is 18.4. The molecule has 2 N–H and O–H groups in total. The van der Waals surface area contributed by atoms with Crippen LogP contribution in [0.15, 0.2) is 47.3 Å². The quantitative estimate of drug-likeness (QED) is 0.724. The first-order valence-electron chi connectivity index (χ1n) is 8.40. The first-order valence-corrected chi connectivity index (χ1v) is 10.1. The van der Waals surface area contributed by atoms with Crippen molar-refractivity contribution in [3.05, 3.63) is 80.6 Å². The van der Waals surface area contributed by atoms with E-state index in [1.807, 2.05) is 51.1 Å². The molecule has 0 radical (unpaired) electrons. The monoisotopic (exact) mass is 370 g/mol. The minimum atomic E-state index is -3.54. The number of sulfonamides is 1. The zero-order valence-corrected chi connectivity index (χ0v) is 15.9. The van der Waals surface area contributed by atoms with E-state index in [9.17, 15) is 13.2 Å². The summed E-state index contributed by atoms with van der Waals surface area (Å²) in [4.78, 5) is 15.1. The van der Waals surface area contributed by atoms with Gasteiger partial charge in [0.1, 0.15) is 0 Å². The van der Waals surface area contributed by atoms with Crippen LogP contribution in [0.25, 0.3) is 10.9 Å². The third-order valence-corrected chi connectivity index (χ3v) is 5.90. The van der Waals surface area contributed by atoms with E-state index in [4.69, 9.17) is 0 Å². The lowest BCUT2D eigenvalue weighted by Gasteiger charge is -2.10. The van der Waals surface area contributed by atoms with Crippen molar-refractivity contribution in [1.82, 2.24) is 9.71 Å². The molecule has 0 aliphatic heterocycles. The molecule has 26 heavy (non-hydrogen) atoms. The van der Waals surface area contributed by atoms with Crippen LogP contribution in [0.1, 0.15) is 27.8 Å². The Labute approximate surface area is 153 Å². The fraction of sp³-hybridized carbons (Fsp3) is 0.250. The van der Waals surface area contributed by atoms with Crippen LogP contribution in [0.4, 0.5) is 0 Å². The van der Waals surface area contributed by atoms with E-state index in [2.05, 4.69) is 9.71 Å². The van der Waals surface area contributed by atoms with Crippen molar-refractivity contribution < 1.29 is 8.42 Å². The molecular weight excluding hydrogens is 348 g/mol. The lowest BCUT2D eigenvalue weighted by atomic mass is 10.1. The number of hydrogen-bond donors (Lipinski definition) is 2. The number of H-pyrrole nitrogens is 1. The summed E-state index contributed by atoms with van der Waals surface area (Å²) in [5.41, 5.74) is 4.76. The molecule has 1 aromatic heterocycles. The average molecular weight is 370 g/mol. The summed E-state index contributed by atoms with van der Waals surface area (Å²) in [5.74, 6) is -0.108. The Bertz CT molecular complexity index is 1130. The highest BCUT2D eigenvalue weighted by Crippen LogP contribution is 2.17. The third-order valence-electron chi connectivity index (χ3n) is 4.62. The van der Waals surface area contributed by atoms with Gasteiger partial charge < -0.3 is 4.98 Å². The van der Waals surface area contributed by atoms with Gasteiger partial charge in [-0.15, -0.1) is 0 Å². The van der Waals surface area contributed by atoms with Crippen LogP contribution >= 0.6 is 0 Å².